The number of hydrogen-bond acceptors (Lipinski definition) is 2. The molecule has 2 N–H and O–H groups in total. The lowest BCUT2D eigenvalue weighted by Crippen LogP contribution is -2.02. The monoisotopic (exact) mass is 293 g/mol. The third-order valence-electron chi connectivity index (χ3n) is 2.38. The molecular formula is C12H14Cl2FNO2. The first-order valence-electron chi connectivity index (χ1n) is 5.61. The Kier molecular flexibility index (Phi) is 6.22. The number of carboxylic acid groups (broad SMARTS) is 1. The number of benzene rings is 1. The van der Waals surface area contributed by atoms with Crippen LogP contribution in [0.3, 0.4) is 0 Å². The van der Waals surface area contributed by atoms with Crippen molar-refractivity contribution in [3.63, 3.8) is 0 Å². The minimum absolute atomic E-state index is 0.0177. The third-order valence-corrected chi connectivity index (χ3v) is 2.93. The van der Waals surface area contributed by atoms with Crippen molar-refractivity contribution >= 4 is 34.9 Å². The number of hydrogen-bond donors (Lipinski definition) is 2. The summed E-state index contributed by atoms with van der Waals surface area (Å²) < 4.78 is 13.1. The molecule has 0 radical (unpaired) electrons. The Hall–Kier alpha value is -1.00. The Morgan fingerprint density at radius 1 is 1.22 bits per heavy atom. The minimum Gasteiger partial charge on any atom is -0.481 e. The van der Waals surface area contributed by atoms with E-state index in [1.54, 1.807) is 0 Å². The van der Waals surface area contributed by atoms with Gasteiger partial charge >= 0.3 is 5.97 Å². The number of anilines is 1. The summed E-state index contributed by atoms with van der Waals surface area (Å²) in [4.78, 5) is 10.3. The standard InChI is InChI=1S/C12H14Cl2FNO2/c13-9-6-8(7-10(14)12(9)15)16-5-3-1-2-4-11(17)18/h6-7,16H,1-5H2,(H,17,18). The van der Waals surface area contributed by atoms with E-state index in [0.29, 0.717) is 18.7 Å². The number of carbonyl (C=O) groups is 1. The Labute approximate surface area is 115 Å². The highest BCUT2D eigenvalue weighted by Gasteiger charge is 2.06. The second-order valence-corrected chi connectivity index (χ2v) is 4.70. The first-order chi connectivity index (χ1) is 8.50. The average Bonchev–Trinajstić information content (AvgIpc) is 2.30. The molecule has 100 valence electrons. The lowest BCUT2D eigenvalue weighted by molar-refractivity contribution is -0.137. The van der Waals surface area contributed by atoms with Crippen molar-refractivity contribution in [2.75, 3.05) is 11.9 Å². The molecule has 18 heavy (non-hydrogen) atoms. The molecule has 0 spiro atoms. The zero-order valence-corrected chi connectivity index (χ0v) is 11.2. The number of aliphatic carboxylic acids is 1. The van der Waals surface area contributed by atoms with E-state index in [0.717, 1.165) is 12.8 Å². The molecule has 1 aromatic carbocycles. The van der Waals surface area contributed by atoms with E-state index in [-0.39, 0.29) is 16.5 Å². The summed E-state index contributed by atoms with van der Waals surface area (Å²) >= 11 is 11.3. The van der Waals surface area contributed by atoms with Crippen LogP contribution in [0.1, 0.15) is 25.7 Å². The lowest BCUT2D eigenvalue weighted by Gasteiger charge is -2.08. The summed E-state index contributed by atoms with van der Waals surface area (Å²) in [6.45, 7) is 0.665. The van der Waals surface area contributed by atoms with Crippen LogP contribution in [-0.4, -0.2) is 17.6 Å². The number of unbranched alkanes of at least 4 members (excludes halogenated alkanes) is 2. The fourth-order valence-electron chi connectivity index (χ4n) is 1.47. The van der Waals surface area contributed by atoms with Gasteiger partial charge < -0.3 is 10.4 Å². The molecule has 0 aliphatic heterocycles. The molecule has 0 aromatic heterocycles. The fraction of sp³-hybridized carbons (Fsp3) is 0.417. The van der Waals surface area contributed by atoms with Crippen LogP contribution >= 0.6 is 23.2 Å². The van der Waals surface area contributed by atoms with E-state index in [2.05, 4.69) is 5.32 Å². The molecule has 0 saturated heterocycles. The summed E-state index contributed by atoms with van der Waals surface area (Å²) in [6.07, 6.45) is 2.50. The number of rotatable bonds is 7. The van der Waals surface area contributed by atoms with Crippen molar-refractivity contribution in [1.82, 2.24) is 0 Å². The van der Waals surface area contributed by atoms with Gasteiger partial charge in [0.2, 0.25) is 0 Å². The van der Waals surface area contributed by atoms with Crippen molar-refractivity contribution in [2.45, 2.75) is 25.7 Å². The maximum atomic E-state index is 13.1. The minimum atomic E-state index is -0.778. The van der Waals surface area contributed by atoms with Crippen molar-refractivity contribution in [2.24, 2.45) is 0 Å². The van der Waals surface area contributed by atoms with E-state index in [4.69, 9.17) is 28.3 Å². The van der Waals surface area contributed by atoms with Crippen LogP contribution in [0.15, 0.2) is 12.1 Å². The van der Waals surface area contributed by atoms with Crippen LogP contribution in [0.25, 0.3) is 0 Å². The van der Waals surface area contributed by atoms with Crippen LogP contribution in [-0.2, 0) is 4.79 Å². The summed E-state index contributed by atoms with van der Waals surface area (Å²) in [7, 11) is 0. The Morgan fingerprint density at radius 2 is 1.83 bits per heavy atom. The van der Waals surface area contributed by atoms with Gasteiger partial charge in [-0.1, -0.05) is 29.6 Å². The molecule has 1 aromatic rings. The van der Waals surface area contributed by atoms with E-state index < -0.39 is 11.8 Å². The number of nitrogens with one attached hydrogen (secondary N) is 1. The summed E-state index contributed by atoms with van der Waals surface area (Å²) in [5, 5.41) is 11.5. The third kappa shape index (κ3) is 5.10. The first-order valence-corrected chi connectivity index (χ1v) is 6.36. The van der Waals surface area contributed by atoms with Gasteiger partial charge in [-0.3, -0.25) is 4.79 Å². The number of carboxylic acids is 1. The van der Waals surface area contributed by atoms with Crippen molar-refractivity contribution in [1.29, 1.82) is 0 Å². The second kappa shape index (κ2) is 7.44. The van der Waals surface area contributed by atoms with Gasteiger partial charge in [0.25, 0.3) is 0 Å². The van der Waals surface area contributed by atoms with Gasteiger partial charge in [-0.15, -0.1) is 0 Å². The summed E-state index contributed by atoms with van der Waals surface area (Å²) in [6, 6.07) is 2.94. The Morgan fingerprint density at radius 3 is 2.39 bits per heavy atom. The van der Waals surface area contributed by atoms with Crippen molar-refractivity contribution in [3.8, 4) is 0 Å². The molecule has 3 nitrogen and oxygen atoms in total. The van der Waals surface area contributed by atoms with Crippen molar-refractivity contribution in [3.05, 3.63) is 28.0 Å². The summed E-state index contributed by atoms with van der Waals surface area (Å²) in [5.41, 5.74) is 0.657. The molecule has 0 aliphatic rings. The topological polar surface area (TPSA) is 49.3 Å². The largest absolute Gasteiger partial charge is 0.481 e. The fourth-order valence-corrected chi connectivity index (χ4v) is 1.96. The zero-order chi connectivity index (χ0) is 13.5. The normalized spacial score (nSPS) is 10.4. The first kappa shape index (κ1) is 15.1. The van der Waals surface area contributed by atoms with Crippen LogP contribution in [0.4, 0.5) is 10.1 Å². The highest BCUT2D eigenvalue weighted by molar-refractivity contribution is 6.35. The molecule has 1 rings (SSSR count). The molecular weight excluding hydrogens is 280 g/mol. The highest BCUT2D eigenvalue weighted by Crippen LogP contribution is 2.27. The molecule has 0 fully saturated rings. The SMILES string of the molecule is O=C(O)CCCCCNc1cc(Cl)c(F)c(Cl)c1. The van der Waals surface area contributed by atoms with Gasteiger partial charge in [-0.25, -0.2) is 4.39 Å². The molecule has 0 amide bonds. The van der Waals surface area contributed by atoms with Crippen LogP contribution in [0, 0.1) is 5.82 Å². The summed E-state index contributed by atoms with van der Waals surface area (Å²) in [5.74, 6) is -1.40. The van der Waals surface area contributed by atoms with E-state index in [1.165, 1.54) is 12.1 Å². The second-order valence-electron chi connectivity index (χ2n) is 3.89. The van der Waals surface area contributed by atoms with E-state index >= 15 is 0 Å². The van der Waals surface area contributed by atoms with Crippen LogP contribution in [0.5, 0.6) is 0 Å². The average molecular weight is 294 g/mol. The van der Waals surface area contributed by atoms with E-state index in [1.807, 2.05) is 0 Å². The smallest absolute Gasteiger partial charge is 0.303 e. The van der Waals surface area contributed by atoms with Crippen molar-refractivity contribution < 1.29 is 14.3 Å². The quantitative estimate of drug-likeness (QED) is 0.585. The lowest BCUT2D eigenvalue weighted by atomic mass is 10.2. The highest BCUT2D eigenvalue weighted by atomic mass is 35.5. The van der Waals surface area contributed by atoms with Gasteiger partial charge in [0, 0.05) is 18.7 Å². The van der Waals surface area contributed by atoms with Gasteiger partial charge in [0.05, 0.1) is 10.0 Å². The Bertz CT molecular complexity index is 404. The molecule has 0 aliphatic carbocycles. The molecule has 0 saturated carbocycles. The molecule has 0 bridgehead atoms. The molecule has 0 unspecified atom stereocenters. The molecule has 0 heterocycles. The van der Waals surface area contributed by atoms with Crippen LogP contribution in [0.2, 0.25) is 10.0 Å². The maximum absolute atomic E-state index is 13.1. The van der Waals surface area contributed by atoms with Crippen LogP contribution < -0.4 is 5.32 Å². The predicted molar refractivity (Wildman–Crippen MR) is 71.0 cm³/mol. The molecule has 6 heteroatoms. The van der Waals surface area contributed by atoms with Gasteiger partial charge in [0.15, 0.2) is 5.82 Å². The van der Waals surface area contributed by atoms with Gasteiger partial charge in [-0.2, -0.15) is 0 Å². The maximum Gasteiger partial charge on any atom is 0.303 e. The Balaban J connectivity index is 2.29. The van der Waals surface area contributed by atoms with Gasteiger partial charge in [0.1, 0.15) is 0 Å². The predicted octanol–water partition coefficient (Wildman–Crippen LogP) is 4.19. The zero-order valence-electron chi connectivity index (χ0n) is 9.68. The molecule has 0 atom stereocenters. The number of halogens is 3. The van der Waals surface area contributed by atoms with Gasteiger partial charge in [-0.05, 0) is 25.0 Å². The van der Waals surface area contributed by atoms with E-state index in [9.17, 15) is 9.18 Å².